The van der Waals surface area contributed by atoms with Crippen LogP contribution in [-0.2, 0) is 6.54 Å². The molecule has 1 aromatic heterocycles. The Labute approximate surface area is 146 Å². The van der Waals surface area contributed by atoms with Crippen LogP contribution in [0.4, 0.5) is 5.69 Å². The summed E-state index contributed by atoms with van der Waals surface area (Å²) >= 11 is 0. The molecule has 0 aliphatic rings. The number of rotatable bonds is 4. The smallest absolute Gasteiger partial charge is 0.271 e. The van der Waals surface area contributed by atoms with Gasteiger partial charge in [-0.2, -0.15) is 0 Å². The first-order chi connectivity index (χ1) is 12.3. The van der Waals surface area contributed by atoms with Crippen molar-refractivity contribution >= 4 is 16.6 Å². The first kappa shape index (κ1) is 15.2. The SMILES string of the molecule is O=c1[nH]c2ccccc2cc1NCc1ccc(-c2ccccc2)cc1. The van der Waals surface area contributed by atoms with Gasteiger partial charge in [0.1, 0.15) is 5.69 Å². The van der Waals surface area contributed by atoms with Crippen LogP contribution >= 0.6 is 0 Å². The molecule has 0 amide bonds. The number of pyridine rings is 1. The molecule has 0 unspecified atom stereocenters. The fourth-order valence-corrected chi connectivity index (χ4v) is 2.92. The molecule has 4 aromatic rings. The molecule has 4 rings (SSSR count). The molecule has 0 fully saturated rings. The molecule has 0 spiro atoms. The Kier molecular flexibility index (Phi) is 4.05. The van der Waals surface area contributed by atoms with Crippen LogP contribution in [0.15, 0.2) is 89.7 Å². The molecule has 0 aliphatic carbocycles. The summed E-state index contributed by atoms with van der Waals surface area (Å²) < 4.78 is 0. The van der Waals surface area contributed by atoms with Gasteiger partial charge in [-0.1, -0.05) is 72.8 Å². The number of H-pyrrole nitrogens is 1. The van der Waals surface area contributed by atoms with Crippen LogP contribution in [0, 0.1) is 0 Å². The first-order valence-corrected chi connectivity index (χ1v) is 8.30. The summed E-state index contributed by atoms with van der Waals surface area (Å²) in [7, 11) is 0. The maximum absolute atomic E-state index is 12.2. The van der Waals surface area contributed by atoms with Crippen LogP contribution < -0.4 is 10.9 Å². The second-order valence-corrected chi connectivity index (χ2v) is 6.02. The van der Waals surface area contributed by atoms with Crippen molar-refractivity contribution in [1.29, 1.82) is 0 Å². The van der Waals surface area contributed by atoms with Crippen LogP contribution in [0.5, 0.6) is 0 Å². The Bertz CT molecular complexity index is 1050. The third kappa shape index (κ3) is 3.31. The van der Waals surface area contributed by atoms with Crippen LogP contribution in [-0.4, -0.2) is 4.98 Å². The van der Waals surface area contributed by atoms with Crippen molar-refractivity contribution in [1.82, 2.24) is 4.98 Å². The minimum atomic E-state index is -0.0976. The van der Waals surface area contributed by atoms with Gasteiger partial charge in [-0.15, -0.1) is 0 Å². The third-order valence-corrected chi connectivity index (χ3v) is 4.30. The van der Waals surface area contributed by atoms with Gasteiger partial charge in [0, 0.05) is 17.4 Å². The number of para-hydroxylation sites is 1. The Morgan fingerprint density at radius 3 is 2.24 bits per heavy atom. The molecule has 3 heteroatoms. The van der Waals surface area contributed by atoms with E-state index in [1.165, 1.54) is 11.1 Å². The summed E-state index contributed by atoms with van der Waals surface area (Å²) in [6, 6.07) is 28.4. The minimum absolute atomic E-state index is 0.0976. The predicted molar refractivity (Wildman–Crippen MR) is 104 cm³/mol. The summed E-state index contributed by atoms with van der Waals surface area (Å²) in [5.41, 5.74) is 4.86. The van der Waals surface area contributed by atoms with Crippen molar-refractivity contribution < 1.29 is 0 Å². The Balaban J connectivity index is 1.52. The Hall–Kier alpha value is -3.33. The van der Waals surface area contributed by atoms with E-state index in [9.17, 15) is 4.79 Å². The lowest BCUT2D eigenvalue weighted by Crippen LogP contribution is -2.13. The summed E-state index contributed by atoms with van der Waals surface area (Å²) in [6.07, 6.45) is 0. The third-order valence-electron chi connectivity index (χ3n) is 4.30. The van der Waals surface area contributed by atoms with Gasteiger partial charge >= 0.3 is 0 Å². The summed E-state index contributed by atoms with van der Waals surface area (Å²) in [5.74, 6) is 0. The molecule has 0 aliphatic heterocycles. The van der Waals surface area contributed by atoms with Crippen molar-refractivity contribution in [3.05, 3.63) is 101 Å². The second-order valence-electron chi connectivity index (χ2n) is 6.02. The van der Waals surface area contributed by atoms with Crippen molar-refractivity contribution in [3.63, 3.8) is 0 Å². The molecular weight excluding hydrogens is 308 g/mol. The second kappa shape index (κ2) is 6.65. The standard InChI is InChI=1S/C22H18N2O/c25-22-21(14-19-8-4-5-9-20(19)24-22)23-15-16-10-12-18(13-11-16)17-6-2-1-3-7-17/h1-14,23H,15H2,(H,24,25). The molecule has 2 N–H and O–H groups in total. The van der Waals surface area contributed by atoms with Gasteiger partial charge in [0.15, 0.2) is 0 Å². The largest absolute Gasteiger partial charge is 0.376 e. The van der Waals surface area contributed by atoms with Gasteiger partial charge in [-0.25, -0.2) is 0 Å². The van der Waals surface area contributed by atoms with Crippen molar-refractivity contribution in [3.8, 4) is 11.1 Å². The van der Waals surface area contributed by atoms with Crippen LogP contribution in [0.1, 0.15) is 5.56 Å². The minimum Gasteiger partial charge on any atom is -0.376 e. The molecule has 3 nitrogen and oxygen atoms in total. The van der Waals surface area contributed by atoms with Crippen LogP contribution in [0.25, 0.3) is 22.0 Å². The molecule has 0 radical (unpaired) electrons. The van der Waals surface area contributed by atoms with Crippen molar-refractivity contribution in [2.24, 2.45) is 0 Å². The van der Waals surface area contributed by atoms with Gasteiger partial charge in [-0.3, -0.25) is 4.79 Å². The van der Waals surface area contributed by atoms with Crippen molar-refractivity contribution in [2.45, 2.75) is 6.54 Å². The number of fused-ring (bicyclic) bond motifs is 1. The zero-order chi connectivity index (χ0) is 17.1. The molecule has 0 saturated heterocycles. The van der Waals surface area contributed by atoms with Crippen LogP contribution in [0.2, 0.25) is 0 Å². The molecule has 1 heterocycles. The molecule has 0 bridgehead atoms. The molecule has 122 valence electrons. The molecule has 0 atom stereocenters. The van der Waals surface area contributed by atoms with E-state index in [-0.39, 0.29) is 5.56 Å². The molecule has 25 heavy (non-hydrogen) atoms. The number of benzene rings is 3. The van der Waals surface area contributed by atoms with E-state index < -0.39 is 0 Å². The molecule has 3 aromatic carbocycles. The average molecular weight is 326 g/mol. The number of hydrogen-bond acceptors (Lipinski definition) is 2. The average Bonchev–Trinajstić information content (AvgIpc) is 2.67. The maximum atomic E-state index is 12.2. The lowest BCUT2D eigenvalue weighted by molar-refractivity contribution is 1.13. The van der Waals surface area contributed by atoms with Gasteiger partial charge in [-0.05, 0) is 28.8 Å². The highest BCUT2D eigenvalue weighted by atomic mass is 16.1. The highest BCUT2D eigenvalue weighted by molar-refractivity contribution is 5.81. The normalized spacial score (nSPS) is 10.7. The first-order valence-electron chi connectivity index (χ1n) is 8.30. The van der Waals surface area contributed by atoms with Gasteiger partial charge in [0.2, 0.25) is 0 Å². The predicted octanol–water partition coefficient (Wildman–Crippen LogP) is 4.81. The number of hydrogen-bond donors (Lipinski definition) is 2. The van der Waals surface area contributed by atoms with Crippen molar-refractivity contribution in [2.75, 3.05) is 5.32 Å². The molecule has 0 saturated carbocycles. The van der Waals surface area contributed by atoms with Crippen LogP contribution in [0.3, 0.4) is 0 Å². The number of aromatic nitrogens is 1. The topological polar surface area (TPSA) is 44.9 Å². The number of aromatic amines is 1. The summed E-state index contributed by atoms with van der Waals surface area (Å²) in [5, 5.41) is 4.25. The van der Waals surface area contributed by atoms with Gasteiger partial charge in [0.05, 0.1) is 0 Å². The number of anilines is 1. The lowest BCUT2D eigenvalue weighted by Gasteiger charge is -2.08. The quantitative estimate of drug-likeness (QED) is 0.565. The van der Waals surface area contributed by atoms with E-state index in [2.05, 4.69) is 46.7 Å². The molecular formula is C22H18N2O. The van der Waals surface area contributed by atoms with E-state index in [1.54, 1.807) is 0 Å². The van der Waals surface area contributed by atoms with Gasteiger partial charge in [0.25, 0.3) is 5.56 Å². The fourth-order valence-electron chi connectivity index (χ4n) is 2.92. The van der Waals surface area contributed by atoms with Gasteiger partial charge < -0.3 is 10.3 Å². The van der Waals surface area contributed by atoms with E-state index in [0.29, 0.717) is 12.2 Å². The highest BCUT2D eigenvalue weighted by Crippen LogP contribution is 2.20. The van der Waals surface area contributed by atoms with E-state index >= 15 is 0 Å². The van der Waals surface area contributed by atoms with E-state index in [1.807, 2.05) is 48.5 Å². The van der Waals surface area contributed by atoms with E-state index in [0.717, 1.165) is 16.5 Å². The Morgan fingerprint density at radius 2 is 1.44 bits per heavy atom. The number of nitrogens with one attached hydrogen (secondary N) is 2. The highest BCUT2D eigenvalue weighted by Gasteiger charge is 2.03. The monoisotopic (exact) mass is 326 g/mol. The fraction of sp³-hybridized carbons (Fsp3) is 0.0455. The zero-order valence-corrected chi connectivity index (χ0v) is 13.7. The maximum Gasteiger partial charge on any atom is 0.271 e. The summed E-state index contributed by atoms with van der Waals surface area (Å²) in [4.78, 5) is 15.1. The zero-order valence-electron chi connectivity index (χ0n) is 13.7. The summed E-state index contributed by atoms with van der Waals surface area (Å²) in [6.45, 7) is 0.608. The van der Waals surface area contributed by atoms with E-state index in [4.69, 9.17) is 0 Å². The lowest BCUT2D eigenvalue weighted by atomic mass is 10.0. The Morgan fingerprint density at radius 1 is 0.760 bits per heavy atom.